The number of rotatable bonds is 9. The van der Waals surface area contributed by atoms with E-state index < -0.39 is 10.8 Å². The zero-order chi connectivity index (χ0) is 19.6. The Morgan fingerprint density at radius 2 is 1.81 bits per heavy atom. The molecule has 0 fully saturated rings. The predicted molar refractivity (Wildman–Crippen MR) is 114 cm³/mol. The number of nitrogens with one attached hydrogen (secondary N) is 2. The molecule has 1 rings (SSSR count). The maximum absolute atomic E-state index is 12.1. The number of hydrogen-bond acceptors (Lipinski definition) is 3. The Bertz CT molecular complexity index is 569. The van der Waals surface area contributed by atoms with Crippen LogP contribution in [0.2, 0.25) is 0 Å². The molecule has 2 atom stereocenters. The lowest BCUT2D eigenvalue weighted by Crippen LogP contribution is -2.42. The summed E-state index contributed by atoms with van der Waals surface area (Å²) in [6.07, 6.45) is 1.03. The average molecular weight is 381 g/mol. The molecule has 0 spiro atoms. The second-order valence-corrected chi connectivity index (χ2v) is 9.95. The predicted octanol–water partition coefficient (Wildman–Crippen LogP) is 2.61. The highest BCUT2D eigenvalue weighted by molar-refractivity contribution is 7.86. The minimum atomic E-state index is -0.846. The van der Waals surface area contributed by atoms with Crippen LogP contribution in [0.15, 0.2) is 35.3 Å². The number of hydrogen-bond donors (Lipinski definition) is 2. The SMILES string of the molecule is CN=C(NCCC(C)N(C)Cc1ccccc1)NCCS(=O)C(C)(C)C. The van der Waals surface area contributed by atoms with Crippen LogP contribution in [-0.2, 0) is 17.3 Å². The maximum Gasteiger partial charge on any atom is 0.191 e. The van der Waals surface area contributed by atoms with Crippen LogP contribution in [0.5, 0.6) is 0 Å². The zero-order valence-electron chi connectivity index (χ0n) is 17.2. The van der Waals surface area contributed by atoms with E-state index in [0.717, 1.165) is 25.5 Å². The fraction of sp³-hybridized carbons (Fsp3) is 0.650. The Morgan fingerprint density at radius 1 is 1.19 bits per heavy atom. The summed E-state index contributed by atoms with van der Waals surface area (Å²) in [7, 11) is 3.08. The summed E-state index contributed by atoms with van der Waals surface area (Å²) in [5, 5.41) is 6.59. The Morgan fingerprint density at radius 3 is 2.38 bits per heavy atom. The van der Waals surface area contributed by atoms with E-state index in [4.69, 9.17) is 0 Å². The number of nitrogens with zero attached hydrogens (tertiary/aromatic N) is 2. The lowest BCUT2D eigenvalue weighted by Gasteiger charge is -2.25. The van der Waals surface area contributed by atoms with E-state index >= 15 is 0 Å². The second-order valence-electron chi connectivity index (χ2n) is 7.63. The summed E-state index contributed by atoms with van der Waals surface area (Å²) >= 11 is 0. The smallest absolute Gasteiger partial charge is 0.191 e. The van der Waals surface area contributed by atoms with Gasteiger partial charge in [-0.3, -0.25) is 14.1 Å². The summed E-state index contributed by atoms with van der Waals surface area (Å²) in [6, 6.07) is 11.0. The van der Waals surface area contributed by atoms with E-state index in [1.165, 1.54) is 5.56 Å². The molecule has 0 bridgehead atoms. The van der Waals surface area contributed by atoms with Crippen molar-refractivity contribution in [3.8, 4) is 0 Å². The second kappa shape index (κ2) is 11.3. The normalized spacial score (nSPS) is 15.0. The summed E-state index contributed by atoms with van der Waals surface area (Å²) in [5.74, 6) is 1.40. The van der Waals surface area contributed by atoms with E-state index in [1.807, 2.05) is 26.8 Å². The van der Waals surface area contributed by atoms with E-state index in [9.17, 15) is 4.21 Å². The molecule has 2 unspecified atom stereocenters. The first-order chi connectivity index (χ1) is 12.2. The number of aliphatic imine (C=N–C) groups is 1. The lowest BCUT2D eigenvalue weighted by molar-refractivity contribution is 0.238. The van der Waals surface area contributed by atoms with Crippen LogP contribution in [-0.4, -0.2) is 58.8 Å². The van der Waals surface area contributed by atoms with Crippen molar-refractivity contribution in [1.82, 2.24) is 15.5 Å². The van der Waals surface area contributed by atoms with Crippen LogP contribution < -0.4 is 10.6 Å². The van der Waals surface area contributed by atoms with Gasteiger partial charge in [-0.1, -0.05) is 30.3 Å². The van der Waals surface area contributed by atoms with Gasteiger partial charge >= 0.3 is 0 Å². The maximum atomic E-state index is 12.1. The molecule has 0 aliphatic carbocycles. The molecule has 0 radical (unpaired) electrons. The topological polar surface area (TPSA) is 56.7 Å². The van der Waals surface area contributed by atoms with Gasteiger partial charge in [-0.2, -0.15) is 0 Å². The van der Waals surface area contributed by atoms with E-state index in [0.29, 0.717) is 18.3 Å². The molecule has 0 aromatic heterocycles. The van der Waals surface area contributed by atoms with Crippen molar-refractivity contribution in [3.63, 3.8) is 0 Å². The van der Waals surface area contributed by atoms with Gasteiger partial charge in [-0.05, 0) is 46.7 Å². The van der Waals surface area contributed by atoms with Gasteiger partial charge in [0.15, 0.2) is 5.96 Å². The Hall–Kier alpha value is -1.40. The van der Waals surface area contributed by atoms with E-state index in [2.05, 4.69) is 58.8 Å². The monoisotopic (exact) mass is 380 g/mol. The van der Waals surface area contributed by atoms with Crippen molar-refractivity contribution in [2.24, 2.45) is 4.99 Å². The van der Waals surface area contributed by atoms with Crippen molar-refractivity contribution >= 4 is 16.8 Å². The van der Waals surface area contributed by atoms with Crippen molar-refractivity contribution in [1.29, 1.82) is 0 Å². The van der Waals surface area contributed by atoms with Crippen LogP contribution in [0.4, 0.5) is 0 Å². The summed E-state index contributed by atoms with van der Waals surface area (Å²) in [5.41, 5.74) is 1.33. The quantitative estimate of drug-likeness (QED) is 0.511. The molecule has 0 saturated carbocycles. The van der Waals surface area contributed by atoms with Gasteiger partial charge in [0.2, 0.25) is 0 Å². The fourth-order valence-electron chi connectivity index (χ4n) is 2.44. The third-order valence-electron chi connectivity index (χ3n) is 4.37. The Kier molecular flexibility index (Phi) is 9.88. The van der Waals surface area contributed by atoms with Gasteiger partial charge in [-0.25, -0.2) is 0 Å². The van der Waals surface area contributed by atoms with Crippen molar-refractivity contribution < 1.29 is 4.21 Å². The minimum Gasteiger partial charge on any atom is -0.356 e. The lowest BCUT2D eigenvalue weighted by atomic mass is 10.1. The molecule has 1 aromatic rings. The number of benzene rings is 1. The molecular formula is C20H36N4OS. The number of guanidine groups is 1. The molecule has 0 aliphatic rings. The third kappa shape index (κ3) is 8.81. The van der Waals surface area contributed by atoms with Crippen LogP contribution in [0.3, 0.4) is 0 Å². The van der Waals surface area contributed by atoms with Crippen molar-refractivity contribution in [2.75, 3.05) is 32.9 Å². The largest absolute Gasteiger partial charge is 0.356 e. The molecular weight excluding hydrogens is 344 g/mol. The van der Waals surface area contributed by atoms with Gasteiger partial charge < -0.3 is 10.6 Å². The van der Waals surface area contributed by atoms with Crippen LogP contribution in [0.1, 0.15) is 39.7 Å². The van der Waals surface area contributed by atoms with Crippen LogP contribution in [0, 0.1) is 0 Å². The van der Waals surface area contributed by atoms with Gasteiger partial charge in [0, 0.05) is 54.0 Å². The molecule has 6 heteroatoms. The minimum absolute atomic E-state index is 0.169. The molecule has 1 aromatic carbocycles. The first kappa shape index (κ1) is 22.6. The standard InChI is InChI=1S/C20H36N4OS/c1-17(24(6)16-18-10-8-7-9-11-18)12-13-22-19(21-5)23-14-15-26(25)20(2,3)4/h7-11,17H,12-16H2,1-6H3,(H2,21,22,23). The van der Waals surface area contributed by atoms with Crippen molar-refractivity contribution in [3.05, 3.63) is 35.9 Å². The van der Waals surface area contributed by atoms with Crippen LogP contribution in [0.25, 0.3) is 0 Å². The average Bonchev–Trinajstić information content (AvgIpc) is 2.60. The van der Waals surface area contributed by atoms with E-state index in [-0.39, 0.29) is 4.75 Å². The summed E-state index contributed by atoms with van der Waals surface area (Å²) in [4.78, 5) is 6.60. The molecule has 26 heavy (non-hydrogen) atoms. The van der Waals surface area contributed by atoms with Gasteiger partial charge in [0.1, 0.15) is 0 Å². The zero-order valence-corrected chi connectivity index (χ0v) is 18.0. The molecule has 0 heterocycles. The molecule has 5 nitrogen and oxygen atoms in total. The Labute approximate surface area is 162 Å². The molecule has 0 aliphatic heterocycles. The highest BCUT2D eigenvalue weighted by atomic mass is 32.2. The Balaban J connectivity index is 2.28. The van der Waals surface area contributed by atoms with Gasteiger partial charge in [0.05, 0.1) is 0 Å². The van der Waals surface area contributed by atoms with Crippen molar-refractivity contribution in [2.45, 2.75) is 51.4 Å². The summed E-state index contributed by atoms with van der Waals surface area (Å²) in [6.45, 7) is 10.7. The fourth-order valence-corrected chi connectivity index (χ4v) is 3.34. The first-order valence-corrected chi connectivity index (χ1v) is 10.6. The molecule has 0 amide bonds. The van der Waals surface area contributed by atoms with Crippen LogP contribution >= 0.6 is 0 Å². The van der Waals surface area contributed by atoms with Gasteiger partial charge in [-0.15, -0.1) is 0 Å². The van der Waals surface area contributed by atoms with E-state index in [1.54, 1.807) is 7.05 Å². The molecule has 0 saturated heterocycles. The molecule has 2 N–H and O–H groups in total. The first-order valence-electron chi connectivity index (χ1n) is 9.31. The summed E-state index contributed by atoms with van der Waals surface area (Å²) < 4.78 is 11.9. The highest BCUT2D eigenvalue weighted by Gasteiger charge is 2.18. The highest BCUT2D eigenvalue weighted by Crippen LogP contribution is 2.10. The van der Waals surface area contributed by atoms with Gasteiger partial charge in [0.25, 0.3) is 0 Å². The third-order valence-corrected chi connectivity index (χ3v) is 6.31. The molecule has 148 valence electrons.